The predicted molar refractivity (Wildman–Crippen MR) is 47.2 cm³/mol. The van der Waals surface area contributed by atoms with Crippen LogP contribution in [0.2, 0.25) is 0 Å². The van der Waals surface area contributed by atoms with E-state index in [1.807, 2.05) is 0 Å². The molecule has 70 valence electrons. The Morgan fingerprint density at radius 2 is 1.71 bits per heavy atom. The van der Waals surface area contributed by atoms with E-state index in [0.29, 0.717) is 5.56 Å². The van der Waals surface area contributed by atoms with E-state index >= 15 is 0 Å². The fourth-order valence-electron chi connectivity index (χ4n) is 1.13. The number of hydrogen-bond acceptors (Lipinski definition) is 4. The van der Waals surface area contributed by atoms with Crippen molar-refractivity contribution in [1.29, 1.82) is 0 Å². The van der Waals surface area contributed by atoms with Gasteiger partial charge in [-0.15, -0.1) is 0 Å². The topological polar surface area (TPSA) is 63.6 Å². The van der Waals surface area contributed by atoms with Gasteiger partial charge in [0.2, 0.25) is 0 Å². The van der Waals surface area contributed by atoms with Gasteiger partial charge in [0.25, 0.3) is 5.78 Å². The van der Waals surface area contributed by atoms with Crippen molar-refractivity contribution in [1.82, 2.24) is 0 Å². The van der Waals surface area contributed by atoms with Crippen LogP contribution in [0.4, 0.5) is 0 Å². The average molecular weight is 190 g/mol. The SMILES string of the molecule is O=C1C=C(c2ccc(O)cc2)OC1=O. The monoisotopic (exact) mass is 190 g/mol. The van der Waals surface area contributed by atoms with Crippen LogP contribution in [0.3, 0.4) is 0 Å². The molecule has 0 aliphatic carbocycles. The van der Waals surface area contributed by atoms with Gasteiger partial charge in [-0.3, -0.25) is 4.79 Å². The van der Waals surface area contributed by atoms with Gasteiger partial charge in [-0.1, -0.05) is 0 Å². The Kier molecular flexibility index (Phi) is 1.81. The van der Waals surface area contributed by atoms with Gasteiger partial charge in [-0.05, 0) is 24.3 Å². The molecule has 0 amide bonds. The number of ketones is 1. The quantitative estimate of drug-likeness (QED) is 0.527. The van der Waals surface area contributed by atoms with Crippen LogP contribution in [0, 0.1) is 0 Å². The van der Waals surface area contributed by atoms with E-state index < -0.39 is 11.8 Å². The van der Waals surface area contributed by atoms with Crippen molar-refractivity contribution in [3.05, 3.63) is 35.9 Å². The van der Waals surface area contributed by atoms with Crippen molar-refractivity contribution < 1.29 is 19.4 Å². The van der Waals surface area contributed by atoms with Crippen LogP contribution in [0.15, 0.2) is 30.3 Å². The molecule has 0 fully saturated rings. The van der Waals surface area contributed by atoms with Gasteiger partial charge in [0, 0.05) is 11.6 Å². The summed E-state index contributed by atoms with van der Waals surface area (Å²) in [7, 11) is 0. The molecule has 1 aliphatic rings. The Morgan fingerprint density at radius 3 is 2.21 bits per heavy atom. The summed E-state index contributed by atoms with van der Waals surface area (Å²) in [6.07, 6.45) is 1.13. The van der Waals surface area contributed by atoms with Crippen LogP contribution >= 0.6 is 0 Å². The van der Waals surface area contributed by atoms with Crippen LogP contribution in [0.5, 0.6) is 5.75 Å². The van der Waals surface area contributed by atoms with Crippen LogP contribution in [-0.2, 0) is 14.3 Å². The highest BCUT2D eigenvalue weighted by Gasteiger charge is 2.24. The molecule has 0 atom stereocenters. The molecule has 4 nitrogen and oxygen atoms in total. The highest BCUT2D eigenvalue weighted by Crippen LogP contribution is 2.22. The Bertz CT molecular complexity index is 428. The number of benzene rings is 1. The predicted octanol–water partition coefficient (Wildman–Crippen LogP) is 0.859. The zero-order valence-corrected chi connectivity index (χ0v) is 7.06. The third-order valence-electron chi connectivity index (χ3n) is 1.82. The second-order valence-corrected chi connectivity index (χ2v) is 2.81. The summed E-state index contributed by atoms with van der Waals surface area (Å²) < 4.78 is 4.69. The largest absolute Gasteiger partial charge is 0.508 e. The second kappa shape index (κ2) is 2.99. The number of ether oxygens (including phenoxy) is 1. The van der Waals surface area contributed by atoms with Crippen molar-refractivity contribution in [2.75, 3.05) is 0 Å². The van der Waals surface area contributed by atoms with Crippen molar-refractivity contribution in [3.63, 3.8) is 0 Å². The molecular formula is C10H6O4. The van der Waals surface area contributed by atoms with Gasteiger partial charge in [0.15, 0.2) is 0 Å². The normalized spacial score (nSPS) is 15.3. The number of esters is 1. The lowest BCUT2D eigenvalue weighted by atomic mass is 10.2. The molecule has 0 radical (unpaired) electrons. The van der Waals surface area contributed by atoms with Crippen molar-refractivity contribution in [3.8, 4) is 5.75 Å². The first-order valence-corrected chi connectivity index (χ1v) is 3.94. The van der Waals surface area contributed by atoms with E-state index in [-0.39, 0.29) is 11.5 Å². The third-order valence-corrected chi connectivity index (χ3v) is 1.82. The van der Waals surface area contributed by atoms with E-state index in [9.17, 15) is 9.59 Å². The number of rotatable bonds is 1. The average Bonchev–Trinajstić information content (AvgIpc) is 2.48. The smallest absolute Gasteiger partial charge is 0.384 e. The molecule has 1 N–H and O–H groups in total. The first kappa shape index (κ1) is 8.50. The molecule has 2 rings (SSSR count). The molecule has 0 aromatic heterocycles. The Hall–Kier alpha value is -2.10. The Labute approximate surface area is 79.4 Å². The first-order chi connectivity index (χ1) is 6.66. The maximum absolute atomic E-state index is 10.8. The highest BCUT2D eigenvalue weighted by atomic mass is 16.5. The molecular weight excluding hydrogens is 184 g/mol. The minimum absolute atomic E-state index is 0.116. The molecule has 1 aromatic carbocycles. The third kappa shape index (κ3) is 1.37. The lowest BCUT2D eigenvalue weighted by Gasteiger charge is -2.00. The maximum atomic E-state index is 10.8. The summed E-state index contributed by atoms with van der Waals surface area (Å²) in [5, 5.41) is 9.01. The van der Waals surface area contributed by atoms with Gasteiger partial charge >= 0.3 is 5.97 Å². The number of phenols is 1. The Balaban J connectivity index is 2.34. The van der Waals surface area contributed by atoms with Gasteiger partial charge < -0.3 is 9.84 Å². The molecule has 14 heavy (non-hydrogen) atoms. The molecule has 0 spiro atoms. The molecule has 4 heteroatoms. The van der Waals surface area contributed by atoms with E-state index in [0.717, 1.165) is 6.08 Å². The first-order valence-electron chi connectivity index (χ1n) is 3.94. The number of hydrogen-bond donors (Lipinski definition) is 1. The second-order valence-electron chi connectivity index (χ2n) is 2.81. The summed E-state index contributed by atoms with van der Waals surface area (Å²) in [4.78, 5) is 21.6. The standard InChI is InChI=1S/C10H6O4/c11-7-3-1-6(2-4-7)9-5-8(12)10(13)14-9/h1-5,11H. The number of carbonyl (C=O) groups excluding carboxylic acids is 2. The summed E-state index contributed by atoms with van der Waals surface area (Å²) in [5.41, 5.74) is 0.585. The van der Waals surface area contributed by atoms with E-state index in [1.54, 1.807) is 12.1 Å². The summed E-state index contributed by atoms with van der Waals surface area (Å²) >= 11 is 0. The zero-order chi connectivity index (χ0) is 10.1. The molecule has 1 heterocycles. The minimum Gasteiger partial charge on any atom is -0.508 e. The number of carbonyl (C=O) groups is 2. The van der Waals surface area contributed by atoms with Crippen molar-refractivity contribution in [2.24, 2.45) is 0 Å². The van der Waals surface area contributed by atoms with Gasteiger partial charge in [-0.2, -0.15) is 0 Å². The summed E-state index contributed by atoms with van der Waals surface area (Å²) in [6.45, 7) is 0. The fraction of sp³-hybridized carbons (Fsp3) is 0. The van der Waals surface area contributed by atoms with Gasteiger partial charge in [-0.25, -0.2) is 4.79 Å². The molecule has 0 bridgehead atoms. The van der Waals surface area contributed by atoms with Crippen LogP contribution < -0.4 is 0 Å². The van der Waals surface area contributed by atoms with E-state index in [1.165, 1.54) is 12.1 Å². The lowest BCUT2D eigenvalue weighted by Crippen LogP contribution is -2.05. The molecule has 0 saturated carbocycles. The van der Waals surface area contributed by atoms with E-state index in [2.05, 4.69) is 0 Å². The van der Waals surface area contributed by atoms with Gasteiger partial charge in [0.05, 0.1) is 0 Å². The lowest BCUT2D eigenvalue weighted by molar-refractivity contribution is -0.144. The molecule has 1 aromatic rings. The minimum atomic E-state index is -0.868. The number of cyclic esters (lactones) is 1. The van der Waals surface area contributed by atoms with Crippen molar-refractivity contribution in [2.45, 2.75) is 0 Å². The zero-order valence-electron chi connectivity index (χ0n) is 7.06. The highest BCUT2D eigenvalue weighted by molar-refractivity contribution is 6.42. The van der Waals surface area contributed by atoms with E-state index in [4.69, 9.17) is 9.84 Å². The molecule has 1 aliphatic heterocycles. The van der Waals surface area contributed by atoms with Crippen molar-refractivity contribution >= 4 is 17.5 Å². The number of phenolic OH excluding ortho intramolecular Hbond substituents is 1. The van der Waals surface area contributed by atoms with Crippen LogP contribution in [0.1, 0.15) is 5.56 Å². The maximum Gasteiger partial charge on any atom is 0.384 e. The molecule has 0 unspecified atom stereocenters. The van der Waals surface area contributed by atoms with Gasteiger partial charge in [0.1, 0.15) is 11.5 Å². The summed E-state index contributed by atoms with van der Waals surface area (Å²) in [5.74, 6) is -1.19. The summed E-state index contributed by atoms with van der Waals surface area (Å²) in [6, 6.07) is 6.03. The number of aromatic hydroxyl groups is 1. The fourth-order valence-corrected chi connectivity index (χ4v) is 1.13. The van der Waals surface area contributed by atoms with Crippen LogP contribution in [0.25, 0.3) is 5.76 Å². The van der Waals surface area contributed by atoms with Crippen LogP contribution in [-0.4, -0.2) is 16.9 Å². The Morgan fingerprint density at radius 1 is 1.07 bits per heavy atom. The molecule has 0 saturated heterocycles.